The van der Waals surface area contributed by atoms with Crippen molar-refractivity contribution < 1.29 is 9.59 Å². The van der Waals surface area contributed by atoms with Crippen molar-refractivity contribution in [3.8, 4) is 0 Å². The van der Waals surface area contributed by atoms with Crippen molar-refractivity contribution in [2.45, 2.75) is 32.2 Å². The first-order valence-electron chi connectivity index (χ1n) is 9.92. The Morgan fingerprint density at radius 3 is 2.24 bits per heavy atom. The zero-order chi connectivity index (χ0) is 20.4. The molecular weight excluding hydrogens is 360 g/mol. The van der Waals surface area contributed by atoms with Crippen LogP contribution in [0.4, 0.5) is 11.4 Å². The molecule has 4 heteroatoms. The lowest BCUT2D eigenvalue weighted by Crippen LogP contribution is -2.45. The topological polar surface area (TPSA) is 49.4 Å². The zero-order valence-electron chi connectivity index (χ0n) is 16.6. The minimum absolute atomic E-state index is 0.161. The first kappa shape index (κ1) is 18.9. The Labute approximate surface area is 171 Å². The highest BCUT2D eigenvalue weighted by molar-refractivity contribution is 6.13. The lowest BCUT2D eigenvalue weighted by Gasteiger charge is -2.25. The van der Waals surface area contributed by atoms with Gasteiger partial charge in [0.1, 0.15) is 6.04 Å². The maximum absolute atomic E-state index is 13.2. The molecule has 3 aromatic rings. The number of benzene rings is 3. The fourth-order valence-corrected chi connectivity index (χ4v) is 3.74. The highest BCUT2D eigenvalue weighted by Gasteiger charge is 2.38. The first-order chi connectivity index (χ1) is 14.0. The van der Waals surface area contributed by atoms with Crippen molar-refractivity contribution in [3.63, 3.8) is 0 Å². The quantitative estimate of drug-likeness (QED) is 0.687. The van der Waals surface area contributed by atoms with Gasteiger partial charge < -0.3 is 5.32 Å². The minimum Gasteiger partial charge on any atom is -0.324 e. The largest absolute Gasteiger partial charge is 0.324 e. The molecule has 1 atom stereocenters. The molecule has 2 amide bonds. The maximum atomic E-state index is 13.2. The summed E-state index contributed by atoms with van der Waals surface area (Å²) in [5.41, 5.74) is 4.34. The summed E-state index contributed by atoms with van der Waals surface area (Å²) in [6, 6.07) is 24.1. The highest BCUT2D eigenvalue weighted by atomic mass is 16.2. The standard InChI is InChI=1S/C25H24N2O2/c1-17(2)18-12-14-21(15-13-18)26-24(28)23-16-20-10-6-7-11-22(20)27(23)25(29)19-8-4-3-5-9-19/h3-15,17,23H,16H2,1-2H3,(H,26,28)/t23-/m0/s1. The van der Waals surface area contributed by atoms with E-state index in [0.29, 0.717) is 17.9 Å². The Kier molecular flexibility index (Phi) is 5.17. The van der Waals surface area contributed by atoms with Gasteiger partial charge in [0, 0.05) is 23.4 Å². The average Bonchev–Trinajstić information content (AvgIpc) is 3.14. The van der Waals surface area contributed by atoms with E-state index < -0.39 is 6.04 Å². The number of rotatable bonds is 4. The van der Waals surface area contributed by atoms with E-state index in [4.69, 9.17) is 0 Å². The third-order valence-corrected chi connectivity index (χ3v) is 5.36. The number of nitrogens with one attached hydrogen (secondary N) is 1. The molecular formula is C25H24N2O2. The molecule has 0 spiro atoms. The summed E-state index contributed by atoms with van der Waals surface area (Å²) in [5.74, 6) is 0.0942. The van der Waals surface area contributed by atoms with Gasteiger partial charge in [0.2, 0.25) is 5.91 Å². The van der Waals surface area contributed by atoms with E-state index in [2.05, 4.69) is 19.2 Å². The van der Waals surface area contributed by atoms with Gasteiger partial charge in [-0.1, -0.05) is 62.4 Å². The number of nitrogens with zero attached hydrogens (tertiary/aromatic N) is 1. The van der Waals surface area contributed by atoms with Crippen molar-refractivity contribution >= 4 is 23.2 Å². The number of hydrogen-bond donors (Lipinski definition) is 1. The van der Waals surface area contributed by atoms with Crippen molar-refractivity contribution in [2.24, 2.45) is 0 Å². The molecule has 1 N–H and O–H groups in total. The Bertz CT molecular complexity index is 1030. The second-order valence-corrected chi connectivity index (χ2v) is 7.66. The minimum atomic E-state index is -0.579. The van der Waals surface area contributed by atoms with Crippen LogP contribution in [0, 0.1) is 0 Å². The third-order valence-electron chi connectivity index (χ3n) is 5.36. The normalized spacial score (nSPS) is 15.3. The van der Waals surface area contributed by atoms with Crippen LogP contribution in [0.2, 0.25) is 0 Å². The fourth-order valence-electron chi connectivity index (χ4n) is 3.74. The molecule has 3 aromatic carbocycles. The highest BCUT2D eigenvalue weighted by Crippen LogP contribution is 2.34. The lowest BCUT2D eigenvalue weighted by atomic mass is 10.0. The molecule has 1 aliphatic rings. The molecule has 0 saturated heterocycles. The van der Waals surface area contributed by atoms with Crippen molar-refractivity contribution in [2.75, 3.05) is 10.2 Å². The van der Waals surface area contributed by atoms with Crippen LogP contribution in [0.3, 0.4) is 0 Å². The van der Waals surface area contributed by atoms with E-state index in [-0.39, 0.29) is 11.8 Å². The molecule has 0 unspecified atom stereocenters. The fraction of sp³-hybridized carbons (Fsp3) is 0.200. The van der Waals surface area contributed by atoms with Crippen molar-refractivity contribution in [1.29, 1.82) is 0 Å². The molecule has 0 aromatic heterocycles. The van der Waals surface area contributed by atoms with Gasteiger partial charge in [0.15, 0.2) is 0 Å². The molecule has 0 radical (unpaired) electrons. The molecule has 146 valence electrons. The summed E-state index contributed by atoms with van der Waals surface area (Å²) in [6.07, 6.45) is 0.505. The predicted octanol–water partition coefficient (Wildman–Crippen LogP) is 5.02. The van der Waals surface area contributed by atoms with Crippen LogP contribution in [0.25, 0.3) is 0 Å². The number of hydrogen-bond acceptors (Lipinski definition) is 2. The van der Waals surface area contributed by atoms with Gasteiger partial charge in [0.25, 0.3) is 5.91 Å². The summed E-state index contributed by atoms with van der Waals surface area (Å²) in [5, 5.41) is 2.99. The SMILES string of the molecule is CC(C)c1ccc(NC(=O)[C@@H]2Cc3ccccc3N2C(=O)c2ccccc2)cc1. The Morgan fingerprint density at radius 1 is 0.897 bits per heavy atom. The molecule has 0 bridgehead atoms. The molecule has 1 aliphatic heterocycles. The number of fused-ring (bicyclic) bond motifs is 1. The van der Waals surface area contributed by atoms with Crippen LogP contribution in [0.5, 0.6) is 0 Å². The lowest BCUT2D eigenvalue weighted by molar-refractivity contribution is -0.117. The Morgan fingerprint density at radius 2 is 1.55 bits per heavy atom. The molecule has 1 heterocycles. The Hall–Kier alpha value is -3.40. The van der Waals surface area contributed by atoms with Crippen LogP contribution >= 0.6 is 0 Å². The summed E-state index contributed by atoms with van der Waals surface area (Å²) >= 11 is 0. The second-order valence-electron chi connectivity index (χ2n) is 7.66. The zero-order valence-corrected chi connectivity index (χ0v) is 16.6. The van der Waals surface area contributed by atoms with Crippen molar-refractivity contribution in [1.82, 2.24) is 0 Å². The van der Waals surface area contributed by atoms with Gasteiger partial charge >= 0.3 is 0 Å². The van der Waals surface area contributed by atoms with E-state index >= 15 is 0 Å². The summed E-state index contributed by atoms with van der Waals surface area (Å²) < 4.78 is 0. The van der Waals surface area contributed by atoms with E-state index in [1.807, 2.05) is 66.7 Å². The number of anilines is 2. The summed E-state index contributed by atoms with van der Waals surface area (Å²) in [7, 11) is 0. The first-order valence-corrected chi connectivity index (χ1v) is 9.92. The molecule has 4 nitrogen and oxygen atoms in total. The van der Waals surface area contributed by atoms with Crippen LogP contribution in [0.15, 0.2) is 78.9 Å². The summed E-state index contributed by atoms with van der Waals surface area (Å²) in [6.45, 7) is 4.27. The van der Waals surface area contributed by atoms with Gasteiger partial charge in [-0.3, -0.25) is 14.5 Å². The predicted molar refractivity (Wildman–Crippen MR) is 116 cm³/mol. The van der Waals surface area contributed by atoms with Crippen LogP contribution < -0.4 is 10.2 Å². The molecule has 29 heavy (non-hydrogen) atoms. The van der Waals surface area contributed by atoms with Crippen LogP contribution in [-0.4, -0.2) is 17.9 Å². The number of para-hydroxylation sites is 1. The van der Waals surface area contributed by atoms with E-state index in [1.165, 1.54) is 5.56 Å². The monoisotopic (exact) mass is 384 g/mol. The average molecular weight is 384 g/mol. The number of carbonyl (C=O) groups is 2. The van der Waals surface area contributed by atoms with Gasteiger partial charge in [-0.25, -0.2) is 0 Å². The van der Waals surface area contributed by atoms with E-state index in [1.54, 1.807) is 17.0 Å². The third kappa shape index (κ3) is 3.79. The Balaban J connectivity index is 1.61. The molecule has 0 aliphatic carbocycles. The molecule has 4 rings (SSSR count). The number of amides is 2. The van der Waals surface area contributed by atoms with Gasteiger partial charge in [-0.05, 0) is 47.4 Å². The smallest absolute Gasteiger partial charge is 0.259 e. The van der Waals surface area contributed by atoms with E-state index in [0.717, 1.165) is 16.9 Å². The van der Waals surface area contributed by atoms with Crippen LogP contribution in [0.1, 0.15) is 41.3 Å². The van der Waals surface area contributed by atoms with Gasteiger partial charge in [0.05, 0.1) is 0 Å². The summed E-state index contributed by atoms with van der Waals surface area (Å²) in [4.78, 5) is 28.0. The van der Waals surface area contributed by atoms with E-state index in [9.17, 15) is 9.59 Å². The van der Waals surface area contributed by atoms with Crippen LogP contribution in [-0.2, 0) is 11.2 Å². The molecule has 0 fully saturated rings. The maximum Gasteiger partial charge on any atom is 0.259 e. The second kappa shape index (κ2) is 7.92. The van der Waals surface area contributed by atoms with Crippen molar-refractivity contribution in [3.05, 3.63) is 95.6 Å². The van der Waals surface area contributed by atoms with Gasteiger partial charge in [-0.2, -0.15) is 0 Å². The molecule has 0 saturated carbocycles. The van der Waals surface area contributed by atoms with Gasteiger partial charge in [-0.15, -0.1) is 0 Å². The number of carbonyl (C=O) groups excluding carboxylic acids is 2.